The summed E-state index contributed by atoms with van der Waals surface area (Å²) in [6.07, 6.45) is 1.41. The summed E-state index contributed by atoms with van der Waals surface area (Å²) in [6.45, 7) is 2.90. The Hall–Kier alpha value is -1.12. The van der Waals surface area contributed by atoms with Crippen LogP contribution in [0.1, 0.15) is 13.8 Å². The Morgan fingerprint density at radius 3 is 1.89 bits per heavy atom. The third-order valence-corrected chi connectivity index (χ3v) is 0.933. The maximum absolute atomic E-state index is 10.4. The molecule has 0 saturated heterocycles. The molecule has 0 bridgehead atoms. The zero-order valence-electron chi connectivity index (χ0n) is 5.47. The predicted molar refractivity (Wildman–Crippen MR) is 33.6 cm³/mol. The van der Waals surface area contributed by atoms with Crippen molar-refractivity contribution in [1.82, 2.24) is 0 Å². The number of Topliss-reactive ketones (excluding diaryl/α,β-unsaturated/α-hetero) is 1. The smallest absolute Gasteiger partial charge is 0.251 e. The van der Waals surface area contributed by atoms with Crippen molar-refractivity contribution in [1.29, 1.82) is 0 Å². The van der Waals surface area contributed by atoms with Gasteiger partial charge in [-0.3, -0.25) is 9.59 Å². The molecule has 0 aromatic carbocycles. The van der Waals surface area contributed by atoms with E-state index in [9.17, 15) is 9.59 Å². The number of carbonyl (C=O) groups excluding carboxylic acids is 2. The fraction of sp³-hybridized carbons (Fsp3) is 0.333. The first-order valence-corrected chi connectivity index (χ1v) is 2.56. The van der Waals surface area contributed by atoms with Crippen molar-refractivity contribution in [3.63, 3.8) is 0 Å². The van der Waals surface area contributed by atoms with Crippen molar-refractivity contribution in [2.45, 2.75) is 13.8 Å². The van der Waals surface area contributed by atoms with Crippen molar-refractivity contribution in [3.05, 3.63) is 11.6 Å². The Morgan fingerprint density at radius 1 is 1.44 bits per heavy atom. The number of hydrogen-bond acceptors (Lipinski definition) is 2. The average Bonchev–Trinajstić information content (AvgIpc) is 1.64. The first-order chi connectivity index (χ1) is 4.09. The Kier molecular flexibility index (Phi) is 2.64. The number of carbonyl (C=O) groups is 2. The lowest BCUT2D eigenvalue weighted by Gasteiger charge is -1.92. The summed E-state index contributed by atoms with van der Waals surface area (Å²) in [6, 6.07) is 0. The molecule has 9 heavy (non-hydrogen) atoms. The summed E-state index contributed by atoms with van der Waals surface area (Å²) in [5.74, 6) is -0.949. The molecule has 50 valence electrons. The van der Waals surface area contributed by atoms with Crippen LogP contribution in [-0.4, -0.2) is 11.7 Å². The van der Waals surface area contributed by atoms with E-state index in [-0.39, 0.29) is 11.4 Å². The van der Waals surface area contributed by atoms with E-state index in [1.54, 1.807) is 6.92 Å². The minimum atomic E-state index is -0.662. The number of amides is 1. The largest absolute Gasteiger partial charge is 0.365 e. The second kappa shape index (κ2) is 3.02. The number of ketones is 1. The van der Waals surface area contributed by atoms with Crippen LogP contribution in [0.2, 0.25) is 0 Å². The van der Waals surface area contributed by atoms with Gasteiger partial charge < -0.3 is 5.73 Å². The van der Waals surface area contributed by atoms with Gasteiger partial charge in [0.15, 0.2) is 5.78 Å². The third kappa shape index (κ3) is 2.08. The molecule has 1 amide bonds. The van der Waals surface area contributed by atoms with E-state index in [1.807, 2.05) is 0 Å². The maximum Gasteiger partial charge on any atom is 0.251 e. The van der Waals surface area contributed by atoms with Gasteiger partial charge in [0, 0.05) is 0 Å². The van der Waals surface area contributed by atoms with E-state index in [4.69, 9.17) is 5.73 Å². The molecule has 0 rings (SSSR count). The van der Waals surface area contributed by atoms with Gasteiger partial charge in [0.1, 0.15) is 0 Å². The molecule has 0 aliphatic carbocycles. The van der Waals surface area contributed by atoms with Gasteiger partial charge in [-0.15, -0.1) is 0 Å². The highest BCUT2D eigenvalue weighted by molar-refractivity contribution is 6.17. The summed E-state index contributed by atoms with van der Waals surface area (Å²) in [4.78, 5) is 20.8. The van der Waals surface area contributed by atoms with E-state index in [0.29, 0.717) is 0 Å². The van der Waals surface area contributed by atoms with Crippen molar-refractivity contribution in [3.8, 4) is 0 Å². The van der Waals surface area contributed by atoms with Gasteiger partial charge in [-0.05, 0) is 13.8 Å². The average molecular weight is 127 g/mol. The second-order valence-electron chi connectivity index (χ2n) is 1.62. The first-order valence-electron chi connectivity index (χ1n) is 2.56. The van der Waals surface area contributed by atoms with Crippen LogP contribution < -0.4 is 5.73 Å². The Bertz CT molecular complexity index is 154. The van der Waals surface area contributed by atoms with Crippen molar-refractivity contribution in [2.24, 2.45) is 5.73 Å². The van der Waals surface area contributed by atoms with Crippen LogP contribution in [0.3, 0.4) is 0 Å². The summed E-state index contributed by atoms with van der Waals surface area (Å²) in [5.41, 5.74) is 4.88. The molecule has 0 spiro atoms. The molecule has 0 aliphatic rings. The fourth-order valence-electron chi connectivity index (χ4n) is 0.519. The van der Waals surface area contributed by atoms with Gasteiger partial charge in [0.25, 0.3) is 5.91 Å². The van der Waals surface area contributed by atoms with Crippen LogP contribution in [0.4, 0.5) is 0 Å². The fourth-order valence-corrected chi connectivity index (χ4v) is 0.519. The summed E-state index contributed by atoms with van der Waals surface area (Å²) in [7, 11) is 0. The molecule has 0 atom stereocenters. The van der Waals surface area contributed by atoms with E-state index in [1.165, 1.54) is 13.0 Å². The SMILES string of the molecule is CC=C(C(C)=O)C(N)=O. The summed E-state index contributed by atoms with van der Waals surface area (Å²) < 4.78 is 0. The summed E-state index contributed by atoms with van der Waals surface area (Å²) >= 11 is 0. The molecular weight excluding hydrogens is 118 g/mol. The monoisotopic (exact) mass is 127 g/mol. The quantitative estimate of drug-likeness (QED) is 0.322. The molecule has 0 aromatic rings. The summed E-state index contributed by atoms with van der Waals surface area (Å²) in [5, 5.41) is 0. The second-order valence-corrected chi connectivity index (χ2v) is 1.62. The lowest BCUT2D eigenvalue weighted by Crippen LogP contribution is -2.18. The molecular formula is C6H9NO2. The van der Waals surface area contributed by atoms with Gasteiger partial charge in [0.2, 0.25) is 0 Å². The highest BCUT2D eigenvalue weighted by Crippen LogP contribution is 1.92. The molecule has 2 N–H and O–H groups in total. The number of hydrogen-bond donors (Lipinski definition) is 1. The van der Waals surface area contributed by atoms with Gasteiger partial charge in [0.05, 0.1) is 5.57 Å². The Morgan fingerprint density at radius 2 is 1.89 bits per heavy atom. The van der Waals surface area contributed by atoms with Crippen LogP contribution in [0.5, 0.6) is 0 Å². The van der Waals surface area contributed by atoms with Crippen LogP contribution in [0.25, 0.3) is 0 Å². The molecule has 0 aromatic heterocycles. The van der Waals surface area contributed by atoms with E-state index < -0.39 is 5.91 Å². The topological polar surface area (TPSA) is 60.2 Å². The van der Waals surface area contributed by atoms with Crippen LogP contribution >= 0.6 is 0 Å². The molecule has 0 unspecified atom stereocenters. The van der Waals surface area contributed by atoms with Gasteiger partial charge in [-0.1, -0.05) is 6.08 Å². The Labute approximate surface area is 53.5 Å². The van der Waals surface area contributed by atoms with Gasteiger partial charge in [-0.25, -0.2) is 0 Å². The lowest BCUT2D eigenvalue weighted by molar-refractivity contribution is -0.119. The molecule has 3 heteroatoms. The minimum Gasteiger partial charge on any atom is -0.365 e. The standard InChI is InChI=1S/C6H9NO2/c1-3-5(4(2)8)6(7)9/h3H,1-2H3,(H2,7,9). The van der Waals surface area contributed by atoms with Crippen molar-refractivity contribution < 1.29 is 9.59 Å². The van der Waals surface area contributed by atoms with Crippen LogP contribution in [-0.2, 0) is 9.59 Å². The highest BCUT2D eigenvalue weighted by Gasteiger charge is 2.06. The van der Waals surface area contributed by atoms with Crippen molar-refractivity contribution >= 4 is 11.7 Å². The third-order valence-electron chi connectivity index (χ3n) is 0.933. The molecule has 0 fully saturated rings. The zero-order chi connectivity index (χ0) is 7.44. The van der Waals surface area contributed by atoms with Gasteiger partial charge >= 0.3 is 0 Å². The first kappa shape index (κ1) is 7.88. The predicted octanol–water partition coefficient (Wildman–Crippen LogP) is 0.00700. The molecule has 0 saturated carbocycles. The maximum atomic E-state index is 10.4. The zero-order valence-corrected chi connectivity index (χ0v) is 5.47. The van der Waals surface area contributed by atoms with E-state index >= 15 is 0 Å². The number of allylic oxidation sites excluding steroid dienone is 1. The lowest BCUT2D eigenvalue weighted by atomic mass is 10.2. The van der Waals surface area contributed by atoms with E-state index in [0.717, 1.165) is 0 Å². The molecule has 3 nitrogen and oxygen atoms in total. The van der Waals surface area contributed by atoms with Crippen LogP contribution in [0.15, 0.2) is 11.6 Å². The van der Waals surface area contributed by atoms with Gasteiger partial charge in [-0.2, -0.15) is 0 Å². The van der Waals surface area contributed by atoms with Crippen LogP contribution in [0, 0.1) is 0 Å². The molecule has 0 radical (unpaired) electrons. The number of nitrogens with two attached hydrogens (primary N) is 1. The number of primary amides is 1. The molecule has 0 aliphatic heterocycles. The molecule has 0 heterocycles. The van der Waals surface area contributed by atoms with Crippen molar-refractivity contribution in [2.75, 3.05) is 0 Å². The highest BCUT2D eigenvalue weighted by atomic mass is 16.2. The van der Waals surface area contributed by atoms with E-state index in [2.05, 4.69) is 0 Å². The normalized spacial score (nSPS) is 11.1. The Balaban J connectivity index is 4.38. The number of rotatable bonds is 2. The minimum absolute atomic E-state index is 0.0648.